The van der Waals surface area contributed by atoms with Gasteiger partial charge >= 0.3 is 0 Å². The summed E-state index contributed by atoms with van der Waals surface area (Å²) in [5.74, 6) is -0.523. The fourth-order valence-electron chi connectivity index (χ4n) is 2.73. The maximum Gasteiger partial charge on any atom is 0.238 e. The van der Waals surface area contributed by atoms with E-state index in [9.17, 15) is 14.7 Å². The van der Waals surface area contributed by atoms with E-state index in [1.165, 1.54) is 17.0 Å². The number of rotatable bonds is 5. The van der Waals surface area contributed by atoms with E-state index in [1.54, 1.807) is 12.1 Å². The summed E-state index contributed by atoms with van der Waals surface area (Å²) < 4.78 is 0. The van der Waals surface area contributed by atoms with E-state index >= 15 is 0 Å². The first-order valence-corrected chi connectivity index (χ1v) is 8.36. The molecule has 0 radical (unpaired) electrons. The molecule has 0 atom stereocenters. The average Bonchev–Trinajstić information content (AvgIpc) is 2.65. The monoisotopic (exact) mass is 345 g/mol. The van der Waals surface area contributed by atoms with Crippen LogP contribution in [0.2, 0.25) is 0 Å². The standard InChI is InChI=1S/C22H19NO3/c24-20-13-11-19(12-14-20)23(21(25)15-17-7-3-1-4-8-17)22(26)16-18-9-5-2-6-10-18/h1-14,24H,15-16H2. The molecule has 0 heterocycles. The van der Waals surface area contributed by atoms with Crippen molar-refractivity contribution in [3.63, 3.8) is 0 Å². The zero-order valence-corrected chi connectivity index (χ0v) is 14.2. The molecule has 26 heavy (non-hydrogen) atoms. The third kappa shape index (κ3) is 4.36. The number of amides is 2. The Kier molecular flexibility index (Phi) is 5.44. The Bertz CT molecular complexity index is 821. The molecule has 4 heteroatoms. The largest absolute Gasteiger partial charge is 0.508 e. The third-order valence-electron chi connectivity index (χ3n) is 4.00. The molecule has 1 N–H and O–H groups in total. The zero-order valence-electron chi connectivity index (χ0n) is 14.2. The van der Waals surface area contributed by atoms with E-state index in [2.05, 4.69) is 0 Å². The number of imide groups is 1. The second-order valence-corrected chi connectivity index (χ2v) is 5.96. The molecule has 2 amide bonds. The third-order valence-corrected chi connectivity index (χ3v) is 4.00. The number of anilines is 1. The van der Waals surface area contributed by atoms with Gasteiger partial charge in [-0.1, -0.05) is 60.7 Å². The summed E-state index contributed by atoms with van der Waals surface area (Å²) in [4.78, 5) is 26.9. The van der Waals surface area contributed by atoms with Gasteiger partial charge in [-0.05, 0) is 35.4 Å². The van der Waals surface area contributed by atoms with Crippen LogP contribution in [-0.4, -0.2) is 16.9 Å². The van der Waals surface area contributed by atoms with E-state index in [0.717, 1.165) is 11.1 Å². The molecule has 0 aliphatic rings. The molecule has 130 valence electrons. The van der Waals surface area contributed by atoms with Gasteiger partial charge in [0.15, 0.2) is 0 Å². The Balaban J connectivity index is 1.87. The quantitative estimate of drug-likeness (QED) is 0.766. The minimum absolute atomic E-state index is 0.0831. The molecule has 0 aliphatic heterocycles. The first kappa shape index (κ1) is 17.4. The Hall–Kier alpha value is -3.40. The highest BCUT2D eigenvalue weighted by atomic mass is 16.3. The minimum Gasteiger partial charge on any atom is -0.508 e. The Morgan fingerprint density at radius 3 is 1.50 bits per heavy atom. The van der Waals surface area contributed by atoms with Crippen LogP contribution in [-0.2, 0) is 22.4 Å². The van der Waals surface area contributed by atoms with Gasteiger partial charge < -0.3 is 5.11 Å². The molecule has 0 saturated carbocycles. The summed E-state index contributed by atoms with van der Waals surface area (Å²) in [5, 5.41) is 9.50. The van der Waals surface area contributed by atoms with Gasteiger partial charge in [0, 0.05) is 0 Å². The molecule has 3 aromatic carbocycles. The number of nitrogens with zero attached hydrogens (tertiary/aromatic N) is 1. The van der Waals surface area contributed by atoms with Crippen molar-refractivity contribution in [2.24, 2.45) is 0 Å². The summed E-state index contributed by atoms with van der Waals surface area (Å²) >= 11 is 0. The lowest BCUT2D eigenvalue weighted by molar-refractivity contribution is -0.125. The summed E-state index contributed by atoms with van der Waals surface area (Å²) in [7, 11) is 0. The van der Waals surface area contributed by atoms with Gasteiger partial charge in [-0.25, -0.2) is 0 Å². The summed E-state index contributed by atoms with van der Waals surface area (Å²) in [6.45, 7) is 0. The molecule has 0 bridgehead atoms. The van der Waals surface area contributed by atoms with E-state index < -0.39 is 0 Å². The smallest absolute Gasteiger partial charge is 0.238 e. The fraction of sp³-hybridized carbons (Fsp3) is 0.0909. The molecule has 3 aromatic rings. The Labute approximate surface area is 152 Å². The van der Waals surface area contributed by atoms with Crippen LogP contribution in [0.15, 0.2) is 84.9 Å². The van der Waals surface area contributed by atoms with Crippen LogP contribution >= 0.6 is 0 Å². The zero-order chi connectivity index (χ0) is 18.4. The summed E-state index contributed by atoms with van der Waals surface area (Å²) in [6, 6.07) is 24.7. The van der Waals surface area contributed by atoms with Crippen molar-refractivity contribution in [3.05, 3.63) is 96.1 Å². The first-order chi connectivity index (χ1) is 12.6. The second kappa shape index (κ2) is 8.12. The van der Waals surface area contributed by atoms with Crippen LogP contribution in [0.25, 0.3) is 0 Å². The predicted octanol–water partition coefficient (Wildman–Crippen LogP) is 3.74. The van der Waals surface area contributed by atoms with Crippen LogP contribution in [0, 0.1) is 0 Å². The van der Waals surface area contributed by atoms with Crippen LogP contribution < -0.4 is 4.90 Å². The molecule has 0 aromatic heterocycles. The SMILES string of the molecule is O=C(Cc1ccccc1)N(C(=O)Cc1ccccc1)c1ccc(O)cc1. The van der Waals surface area contributed by atoms with Crippen molar-refractivity contribution in [2.45, 2.75) is 12.8 Å². The van der Waals surface area contributed by atoms with Gasteiger partial charge in [-0.3, -0.25) is 14.5 Å². The number of benzene rings is 3. The number of hydrogen-bond acceptors (Lipinski definition) is 3. The van der Waals surface area contributed by atoms with Crippen molar-refractivity contribution in [3.8, 4) is 5.75 Å². The van der Waals surface area contributed by atoms with Gasteiger partial charge in [0.1, 0.15) is 5.75 Å². The van der Waals surface area contributed by atoms with Crippen LogP contribution in [0.3, 0.4) is 0 Å². The van der Waals surface area contributed by atoms with Gasteiger partial charge in [0.2, 0.25) is 11.8 Å². The normalized spacial score (nSPS) is 10.3. The molecule has 0 spiro atoms. The number of phenols is 1. The highest BCUT2D eigenvalue weighted by Gasteiger charge is 2.23. The number of phenolic OH excluding ortho intramolecular Hbond substituents is 1. The predicted molar refractivity (Wildman–Crippen MR) is 101 cm³/mol. The summed E-state index contributed by atoms with van der Waals surface area (Å²) in [5.41, 5.74) is 2.13. The molecule has 0 fully saturated rings. The van der Waals surface area contributed by atoms with Crippen molar-refractivity contribution >= 4 is 17.5 Å². The van der Waals surface area contributed by atoms with E-state index in [1.807, 2.05) is 60.7 Å². The molecule has 3 rings (SSSR count). The Morgan fingerprint density at radius 1 is 0.654 bits per heavy atom. The van der Waals surface area contributed by atoms with E-state index in [0.29, 0.717) is 5.69 Å². The maximum absolute atomic E-state index is 12.9. The highest BCUT2D eigenvalue weighted by molar-refractivity contribution is 6.15. The molecular weight excluding hydrogens is 326 g/mol. The fourth-order valence-corrected chi connectivity index (χ4v) is 2.73. The lowest BCUT2D eigenvalue weighted by Crippen LogP contribution is -2.39. The van der Waals surface area contributed by atoms with E-state index in [4.69, 9.17) is 0 Å². The van der Waals surface area contributed by atoms with Gasteiger partial charge in [-0.2, -0.15) is 0 Å². The maximum atomic E-state index is 12.9. The number of carbonyl (C=O) groups is 2. The molecule has 4 nitrogen and oxygen atoms in total. The van der Waals surface area contributed by atoms with Crippen LogP contribution in [0.4, 0.5) is 5.69 Å². The van der Waals surface area contributed by atoms with Crippen molar-refractivity contribution < 1.29 is 14.7 Å². The van der Waals surface area contributed by atoms with E-state index in [-0.39, 0.29) is 30.4 Å². The number of aromatic hydroxyl groups is 1. The lowest BCUT2D eigenvalue weighted by atomic mass is 10.1. The average molecular weight is 345 g/mol. The molecular formula is C22H19NO3. The highest BCUT2D eigenvalue weighted by Crippen LogP contribution is 2.21. The van der Waals surface area contributed by atoms with Crippen molar-refractivity contribution in [1.29, 1.82) is 0 Å². The molecule has 0 saturated heterocycles. The minimum atomic E-state index is -0.303. The number of carbonyl (C=O) groups excluding carboxylic acids is 2. The van der Waals surface area contributed by atoms with Crippen LogP contribution in [0.5, 0.6) is 5.75 Å². The molecule has 0 unspecified atom stereocenters. The lowest BCUT2D eigenvalue weighted by Gasteiger charge is -2.21. The van der Waals surface area contributed by atoms with Crippen molar-refractivity contribution in [2.75, 3.05) is 4.90 Å². The topological polar surface area (TPSA) is 57.6 Å². The van der Waals surface area contributed by atoms with Crippen LogP contribution in [0.1, 0.15) is 11.1 Å². The molecule has 0 aliphatic carbocycles. The van der Waals surface area contributed by atoms with Gasteiger partial charge in [0.25, 0.3) is 0 Å². The first-order valence-electron chi connectivity index (χ1n) is 8.36. The second-order valence-electron chi connectivity index (χ2n) is 5.96. The number of hydrogen-bond donors (Lipinski definition) is 1. The van der Waals surface area contributed by atoms with Gasteiger partial charge in [-0.15, -0.1) is 0 Å². The van der Waals surface area contributed by atoms with Gasteiger partial charge in [0.05, 0.1) is 18.5 Å². The summed E-state index contributed by atoms with van der Waals surface area (Å²) in [6.07, 6.45) is 0.254. The Morgan fingerprint density at radius 2 is 1.08 bits per heavy atom. The van der Waals surface area contributed by atoms with Crippen molar-refractivity contribution in [1.82, 2.24) is 0 Å².